The van der Waals surface area contributed by atoms with Crippen molar-refractivity contribution in [1.82, 2.24) is 4.98 Å². The van der Waals surface area contributed by atoms with E-state index in [-0.39, 0.29) is 16.1 Å². The van der Waals surface area contributed by atoms with E-state index >= 15 is 0 Å². The van der Waals surface area contributed by atoms with E-state index in [1.165, 1.54) is 47.1 Å². The van der Waals surface area contributed by atoms with Gasteiger partial charge in [-0.15, -0.1) is 0 Å². The molecule has 0 radical (unpaired) electrons. The van der Waals surface area contributed by atoms with Crippen LogP contribution in [0.4, 0.5) is 21.6 Å². The molecule has 1 aromatic heterocycles. The number of aryl methyl sites for hydroxylation is 3. The first-order chi connectivity index (χ1) is 18.5. The fourth-order valence-corrected chi connectivity index (χ4v) is 6.23. The fraction of sp³-hybridized carbons (Fsp3) is 0.241. The number of piperazine rings is 1. The van der Waals surface area contributed by atoms with E-state index in [9.17, 15) is 22.7 Å². The highest BCUT2D eigenvalue weighted by molar-refractivity contribution is 7.92. The van der Waals surface area contributed by atoms with Crippen LogP contribution >= 0.6 is 0 Å². The van der Waals surface area contributed by atoms with Crippen molar-refractivity contribution < 1.29 is 22.7 Å². The highest BCUT2D eigenvalue weighted by atomic mass is 32.2. The maximum atomic E-state index is 13.7. The van der Waals surface area contributed by atoms with Gasteiger partial charge in [0.15, 0.2) is 0 Å². The average molecular weight is 549 g/mol. The molecule has 1 saturated heterocycles. The van der Waals surface area contributed by atoms with Crippen molar-refractivity contribution in [2.24, 2.45) is 0 Å². The zero-order chi connectivity index (χ0) is 27.9. The van der Waals surface area contributed by atoms with Crippen LogP contribution in [-0.2, 0) is 10.0 Å². The van der Waals surface area contributed by atoms with Crippen molar-refractivity contribution in [3.05, 3.63) is 88.7 Å². The third-order valence-electron chi connectivity index (χ3n) is 7.03. The second-order valence-corrected chi connectivity index (χ2v) is 11.5. The molecule has 0 spiro atoms. The number of benzene rings is 3. The third kappa shape index (κ3) is 5.37. The predicted molar refractivity (Wildman–Crippen MR) is 151 cm³/mol. The number of carboxylic acids is 1. The Morgan fingerprint density at radius 2 is 1.59 bits per heavy atom. The average Bonchev–Trinajstić information content (AvgIpc) is 2.90. The highest BCUT2D eigenvalue weighted by Crippen LogP contribution is 2.29. The number of anilines is 3. The largest absolute Gasteiger partial charge is 0.478 e. The summed E-state index contributed by atoms with van der Waals surface area (Å²) in [4.78, 5) is 21.1. The molecule has 1 fully saturated rings. The molecule has 2 N–H and O–H groups in total. The lowest BCUT2D eigenvalue weighted by Gasteiger charge is -2.37. The van der Waals surface area contributed by atoms with E-state index in [2.05, 4.69) is 46.6 Å². The molecule has 4 aromatic rings. The Balaban J connectivity index is 1.42. The minimum absolute atomic E-state index is 0.0231. The SMILES string of the molecule is Cc1ccc(C)c(N2CCN(c3cc(C(=O)O)c4cc(NS(=O)(=O)c5cc(F)ccc5C)ccc4n3)CC2)c1. The third-order valence-corrected chi connectivity index (χ3v) is 8.55. The Labute approximate surface area is 226 Å². The molecule has 5 rings (SSSR count). The lowest BCUT2D eigenvalue weighted by atomic mass is 10.1. The molecule has 0 bridgehead atoms. The van der Waals surface area contributed by atoms with Gasteiger partial charge in [-0.1, -0.05) is 18.2 Å². The first kappa shape index (κ1) is 26.4. The Hall–Kier alpha value is -4.18. The number of aromatic carboxylic acids is 1. The van der Waals surface area contributed by atoms with Crippen LogP contribution in [0.15, 0.2) is 65.6 Å². The predicted octanol–water partition coefficient (Wildman–Crippen LogP) is 5.12. The number of nitrogens with zero attached hydrogens (tertiary/aromatic N) is 3. The monoisotopic (exact) mass is 548 g/mol. The molecule has 0 amide bonds. The summed E-state index contributed by atoms with van der Waals surface area (Å²) in [6.07, 6.45) is 0. The standard InChI is InChI=1S/C29H29FN4O4S/c1-18-4-5-19(2)26(14-18)33-10-12-34(13-11-33)28-17-24(29(35)36)23-16-22(8-9-25(23)31-28)32-39(37,38)27-15-21(30)7-6-20(27)3/h4-9,14-17,32H,10-13H2,1-3H3,(H,35,36). The van der Waals surface area contributed by atoms with Gasteiger partial charge in [0.1, 0.15) is 11.6 Å². The number of hydrogen-bond acceptors (Lipinski definition) is 6. The topological polar surface area (TPSA) is 103 Å². The molecule has 202 valence electrons. The Morgan fingerprint density at radius 3 is 2.31 bits per heavy atom. The first-order valence-corrected chi connectivity index (χ1v) is 14.0. The number of hydrogen-bond donors (Lipinski definition) is 2. The number of aromatic nitrogens is 1. The van der Waals surface area contributed by atoms with Crippen molar-refractivity contribution >= 4 is 44.1 Å². The molecular formula is C29H29FN4O4S. The van der Waals surface area contributed by atoms with Gasteiger partial charge in [0.2, 0.25) is 0 Å². The molecule has 0 aliphatic carbocycles. The van der Waals surface area contributed by atoms with Crippen LogP contribution in [0, 0.1) is 26.6 Å². The second-order valence-electron chi connectivity index (χ2n) is 9.84. The summed E-state index contributed by atoms with van der Waals surface area (Å²) in [7, 11) is -4.10. The summed E-state index contributed by atoms with van der Waals surface area (Å²) >= 11 is 0. The van der Waals surface area contributed by atoms with E-state index in [1.54, 1.807) is 13.0 Å². The summed E-state index contributed by atoms with van der Waals surface area (Å²) in [6, 6.07) is 16.0. The van der Waals surface area contributed by atoms with Crippen LogP contribution in [0.25, 0.3) is 10.9 Å². The van der Waals surface area contributed by atoms with E-state index in [0.29, 0.717) is 35.4 Å². The van der Waals surface area contributed by atoms with Crippen molar-refractivity contribution in [1.29, 1.82) is 0 Å². The molecule has 8 nitrogen and oxygen atoms in total. The number of pyridine rings is 1. The normalized spacial score (nSPS) is 14.1. The molecule has 2 heterocycles. The lowest BCUT2D eigenvalue weighted by molar-refractivity contribution is 0.0699. The van der Waals surface area contributed by atoms with Crippen LogP contribution in [0.2, 0.25) is 0 Å². The van der Waals surface area contributed by atoms with Crippen molar-refractivity contribution in [2.45, 2.75) is 25.7 Å². The summed E-state index contributed by atoms with van der Waals surface area (Å²) < 4.78 is 42.0. The van der Waals surface area contributed by atoms with Crippen LogP contribution in [0.1, 0.15) is 27.0 Å². The molecule has 39 heavy (non-hydrogen) atoms. The van der Waals surface area contributed by atoms with Gasteiger partial charge in [0.05, 0.1) is 16.0 Å². The molecule has 0 saturated carbocycles. The summed E-state index contributed by atoms with van der Waals surface area (Å²) in [6.45, 7) is 8.64. The van der Waals surface area contributed by atoms with Crippen LogP contribution < -0.4 is 14.5 Å². The van der Waals surface area contributed by atoms with E-state index < -0.39 is 21.8 Å². The molecular weight excluding hydrogens is 519 g/mol. The minimum atomic E-state index is -4.10. The molecule has 10 heteroatoms. The number of carboxylic acid groups (broad SMARTS) is 1. The van der Waals surface area contributed by atoms with Gasteiger partial charge in [0.25, 0.3) is 10.0 Å². The first-order valence-electron chi connectivity index (χ1n) is 12.6. The van der Waals surface area contributed by atoms with Gasteiger partial charge in [-0.05, 0) is 79.9 Å². The Morgan fingerprint density at radius 1 is 0.897 bits per heavy atom. The smallest absolute Gasteiger partial charge is 0.336 e. The summed E-state index contributed by atoms with van der Waals surface area (Å²) in [5.41, 5.74) is 4.63. The van der Waals surface area contributed by atoms with Gasteiger partial charge < -0.3 is 14.9 Å². The molecule has 1 aliphatic heterocycles. The number of halogens is 1. The van der Waals surface area contributed by atoms with Gasteiger partial charge >= 0.3 is 5.97 Å². The molecule has 3 aromatic carbocycles. The van der Waals surface area contributed by atoms with Crippen LogP contribution in [-0.4, -0.2) is 50.7 Å². The van der Waals surface area contributed by atoms with Crippen LogP contribution in [0.5, 0.6) is 0 Å². The molecule has 0 unspecified atom stereocenters. The maximum Gasteiger partial charge on any atom is 0.336 e. The Kier molecular flexibility index (Phi) is 6.90. The summed E-state index contributed by atoms with van der Waals surface area (Å²) in [5.74, 6) is -1.25. The van der Waals surface area contributed by atoms with E-state index in [1.807, 2.05) is 0 Å². The molecule has 0 atom stereocenters. The zero-order valence-electron chi connectivity index (χ0n) is 21.9. The second kappa shape index (κ2) is 10.2. The van der Waals surface area contributed by atoms with E-state index in [4.69, 9.17) is 4.98 Å². The van der Waals surface area contributed by atoms with Gasteiger partial charge in [0, 0.05) is 42.9 Å². The van der Waals surface area contributed by atoms with Crippen molar-refractivity contribution in [3.63, 3.8) is 0 Å². The number of carbonyl (C=O) groups is 1. The zero-order valence-corrected chi connectivity index (χ0v) is 22.7. The highest BCUT2D eigenvalue weighted by Gasteiger charge is 2.23. The number of rotatable bonds is 6. The quantitative estimate of drug-likeness (QED) is 0.345. The van der Waals surface area contributed by atoms with Crippen molar-refractivity contribution in [2.75, 3.05) is 40.7 Å². The van der Waals surface area contributed by atoms with Gasteiger partial charge in [-0.3, -0.25) is 4.72 Å². The van der Waals surface area contributed by atoms with Crippen LogP contribution in [0.3, 0.4) is 0 Å². The number of nitrogens with one attached hydrogen (secondary N) is 1. The lowest BCUT2D eigenvalue weighted by Crippen LogP contribution is -2.47. The number of sulfonamides is 1. The van der Waals surface area contributed by atoms with Gasteiger partial charge in [-0.25, -0.2) is 22.6 Å². The van der Waals surface area contributed by atoms with E-state index in [0.717, 1.165) is 19.2 Å². The summed E-state index contributed by atoms with van der Waals surface area (Å²) in [5, 5.41) is 10.3. The minimum Gasteiger partial charge on any atom is -0.478 e. The maximum absolute atomic E-state index is 13.7. The van der Waals surface area contributed by atoms with Crippen molar-refractivity contribution in [3.8, 4) is 0 Å². The Bertz CT molecular complexity index is 1700. The molecule has 1 aliphatic rings. The number of fused-ring (bicyclic) bond motifs is 1. The van der Waals surface area contributed by atoms with Gasteiger partial charge in [-0.2, -0.15) is 0 Å². The fourth-order valence-electron chi connectivity index (χ4n) is 4.92.